The lowest BCUT2D eigenvalue weighted by molar-refractivity contribution is 0.0893. The van der Waals surface area contributed by atoms with Crippen LogP contribution in [0.3, 0.4) is 0 Å². The number of aryl methyl sites for hydroxylation is 1. The summed E-state index contributed by atoms with van der Waals surface area (Å²) in [4.78, 5) is 27.1. The number of carbonyl (C=O) groups excluding carboxylic acids is 1. The smallest absolute Gasteiger partial charge is 0.250 e. The molecule has 5 rings (SSSR count). The summed E-state index contributed by atoms with van der Waals surface area (Å²) in [5.41, 5.74) is 12.6. The Bertz CT molecular complexity index is 1800. The number of halogens is 1. The number of nitrogens with two attached hydrogens (primary N) is 1. The number of primary amides is 1. The second kappa shape index (κ2) is 14.7. The number of hydrogen-bond donors (Lipinski definition) is 2. The van der Waals surface area contributed by atoms with Crippen molar-refractivity contribution in [3.63, 3.8) is 0 Å². The van der Waals surface area contributed by atoms with Crippen molar-refractivity contribution in [2.45, 2.75) is 39.3 Å². The topological polar surface area (TPSA) is 102 Å². The van der Waals surface area contributed by atoms with Crippen molar-refractivity contribution in [2.75, 3.05) is 57.1 Å². The monoisotopic (exact) mass is 669 g/mol. The molecule has 0 aliphatic carbocycles. The lowest BCUT2D eigenvalue weighted by Gasteiger charge is -2.34. The van der Waals surface area contributed by atoms with Crippen LogP contribution in [0.4, 0.5) is 11.6 Å². The highest BCUT2D eigenvalue weighted by Gasteiger charge is 2.25. The van der Waals surface area contributed by atoms with Crippen molar-refractivity contribution >= 4 is 37.2 Å². The number of nitrogens with one attached hydrogen (secondary N) is 1. The summed E-state index contributed by atoms with van der Waals surface area (Å²) in [7, 11) is 2.58. The first kappa shape index (κ1) is 34.2. The zero-order chi connectivity index (χ0) is 33.7. The zero-order valence-corrected chi connectivity index (χ0v) is 29.9. The van der Waals surface area contributed by atoms with Crippen LogP contribution in [0.2, 0.25) is 30.7 Å². The lowest BCUT2D eigenvalue weighted by atomic mass is 10.0. The Kier molecular flexibility index (Phi) is 10.7. The third kappa shape index (κ3) is 8.42. The number of aromatic nitrogens is 3. The van der Waals surface area contributed by atoms with Gasteiger partial charge in [0.2, 0.25) is 5.95 Å². The van der Waals surface area contributed by atoms with E-state index in [1.54, 1.807) is 19.3 Å². The maximum atomic E-state index is 13.0. The SMILES string of the molecule is CNc1ncc(C#Cc2ccc(N3CCN(C)CC3)cc2)c(-c2cc(C(N)=O)c(-c3cc(Cl)ccc3C)n2COCC[Si](C)(C)C)n1. The molecule has 0 bridgehead atoms. The van der Waals surface area contributed by atoms with Gasteiger partial charge in [0, 0.05) is 75.9 Å². The molecule has 0 radical (unpaired) electrons. The Balaban J connectivity index is 1.59. The molecule has 246 valence electrons. The number of carbonyl (C=O) groups is 1. The largest absolute Gasteiger partial charge is 0.369 e. The van der Waals surface area contributed by atoms with Gasteiger partial charge in [0.25, 0.3) is 5.91 Å². The first-order valence-corrected chi connectivity index (χ1v) is 20.0. The Morgan fingerprint density at radius 1 is 1.06 bits per heavy atom. The van der Waals surface area contributed by atoms with Gasteiger partial charge in [0.15, 0.2) is 0 Å². The Hall–Kier alpha value is -4.14. The van der Waals surface area contributed by atoms with Crippen LogP contribution in [0.1, 0.15) is 27.0 Å². The molecule has 2 aromatic carbocycles. The quantitative estimate of drug-likeness (QED) is 0.118. The summed E-state index contributed by atoms with van der Waals surface area (Å²) in [5, 5.41) is 3.59. The van der Waals surface area contributed by atoms with Crippen LogP contribution in [0.15, 0.2) is 54.7 Å². The van der Waals surface area contributed by atoms with E-state index in [1.165, 1.54) is 5.69 Å². The fraction of sp³-hybridized carbons (Fsp3) is 0.361. The number of ether oxygens (including phenoxy) is 1. The van der Waals surface area contributed by atoms with Crippen molar-refractivity contribution < 1.29 is 9.53 Å². The molecule has 47 heavy (non-hydrogen) atoms. The number of likely N-dealkylation sites (N-methyl/N-ethyl adjacent to an activating group) is 1. The number of anilines is 2. The summed E-state index contributed by atoms with van der Waals surface area (Å²) in [6.07, 6.45) is 1.71. The van der Waals surface area contributed by atoms with Gasteiger partial charge in [-0.2, -0.15) is 0 Å². The minimum absolute atomic E-state index is 0.188. The summed E-state index contributed by atoms with van der Waals surface area (Å²) in [6.45, 7) is 13.8. The number of piperazine rings is 1. The van der Waals surface area contributed by atoms with Crippen LogP contribution in [0.5, 0.6) is 0 Å². The van der Waals surface area contributed by atoms with Gasteiger partial charge in [0.1, 0.15) is 12.4 Å². The molecular weight excluding hydrogens is 626 g/mol. The van der Waals surface area contributed by atoms with Crippen molar-refractivity contribution in [3.05, 3.63) is 82.0 Å². The molecule has 1 aliphatic heterocycles. The molecule has 0 spiro atoms. The average molecular weight is 670 g/mol. The average Bonchev–Trinajstić information content (AvgIpc) is 3.42. The summed E-state index contributed by atoms with van der Waals surface area (Å²) in [5.74, 6) is 6.48. The van der Waals surface area contributed by atoms with E-state index in [2.05, 4.69) is 70.8 Å². The van der Waals surface area contributed by atoms with Crippen molar-refractivity contribution in [3.8, 4) is 34.5 Å². The van der Waals surface area contributed by atoms with Gasteiger partial charge >= 0.3 is 0 Å². The van der Waals surface area contributed by atoms with E-state index in [0.717, 1.165) is 48.9 Å². The van der Waals surface area contributed by atoms with Crippen LogP contribution in [0.25, 0.3) is 22.6 Å². The Morgan fingerprint density at radius 3 is 2.45 bits per heavy atom. The highest BCUT2D eigenvalue weighted by atomic mass is 35.5. The fourth-order valence-electron chi connectivity index (χ4n) is 5.49. The standard InChI is InChI=1S/C36H44ClN7O2Si/c1-25-7-12-28(37)21-30(25)34-31(35(38)45)22-32(44(34)24-46-19-20-47(4,5)6)33-27(23-40-36(39-2)41-33)11-8-26-9-13-29(14-10-26)43-17-15-42(3)16-18-43/h7,9-10,12-14,21-23H,15-20,24H2,1-6H3,(H2,38,45)(H,39,40,41). The number of benzene rings is 2. The maximum Gasteiger partial charge on any atom is 0.250 e. The molecule has 0 atom stereocenters. The van der Waals surface area contributed by atoms with Gasteiger partial charge in [-0.3, -0.25) is 4.79 Å². The molecule has 1 fully saturated rings. The molecule has 3 heterocycles. The first-order valence-electron chi connectivity index (χ1n) is 15.9. The molecule has 3 N–H and O–H groups in total. The van der Waals surface area contributed by atoms with Crippen molar-refractivity contribution in [2.24, 2.45) is 5.73 Å². The maximum absolute atomic E-state index is 13.0. The fourth-order valence-corrected chi connectivity index (χ4v) is 6.42. The minimum Gasteiger partial charge on any atom is -0.369 e. The normalized spacial score (nSPS) is 13.7. The second-order valence-corrected chi connectivity index (χ2v) is 19.2. The second-order valence-electron chi connectivity index (χ2n) is 13.2. The van der Waals surface area contributed by atoms with E-state index < -0.39 is 14.0 Å². The molecule has 1 aliphatic rings. The number of rotatable bonds is 10. The molecule has 0 saturated carbocycles. The van der Waals surface area contributed by atoms with Crippen LogP contribution in [0, 0.1) is 18.8 Å². The minimum atomic E-state index is -1.34. The van der Waals surface area contributed by atoms with Crippen LogP contribution in [-0.4, -0.2) is 80.3 Å². The van der Waals surface area contributed by atoms with Gasteiger partial charge in [0.05, 0.1) is 22.5 Å². The van der Waals surface area contributed by atoms with Gasteiger partial charge in [-0.15, -0.1) is 0 Å². The lowest BCUT2D eigenvalue weighted by Crippen LogP contribution is -2.44. The van der Waals surface area contributed by atoms with Crippen molar-refractivity contribution in [1.82, 2.24) is 19.4 Å². The third-order valence-electron chi connectivity index (χ3n) is 8.37. The number of hydrogen-bond acceptors (Lipinski definition) is 7. The van der Waals surface area contributed by atoms with Crippen LogP contribution >= 0.6 is 11.6 Å². The molecule has 1 amide bonds. The van der Waals surface area contributed by atoms with Gasteiger partial charge in [-0.05, 0) is 68.0 Å². The third-order valence-corrected chi connectivity index (χ3v) is 10.3. The molecule has 4 aromatic rings. The summed E-state index contributed by atoms with van der Waals surface area (Å²) < 4.78 is 8.25. The van der Waals surface area contributed by atoms with Crippen LogP contribution < -0.4 is 16.0 Å². The molecular formula is C36H44ClN7O2Si. The van der Waals surface area contributed by atoms with Crippen molar-refractivity contribution in [1.29, 1.82) is 0 Å². The zero-order valence-electron chi connectivity index (χ0n) is 28.2. The number of amides is 1. The Morgan fingerprint density at radius 2 is 1.79 bits per heavy atom. The highest BCUT2D eigenvalue weighted by Crippen LogP contribution is 2.36. The molecule has 1 saturated heterocycles. The first-order chi connectivity index (χ1) is 22.4. The van der Waals surface area contributed by atoms with E-state index in [1.807, 2.05) is 41.8 Å². The van der Waals surface area contributed by atoms with E-state index in [4.69, 9.17) is 27.1 Å². The van der Waals surface area contributed by atoms with E-state index in [0.29, 0.717) is 45.8 Å². The molecule has 2 aromatic heterocycles. The van der Waals surface area contributed by atoms with Gasteiger partial charge in [-0.25, -0.2) is 9.97 Å². The highest BCUT2D eigenvalue weighted by molar-refractivity contribution is 6.76. The summed E-state index contributed by atoms with van der Waals surface area (Å²) >= 11 is 6.47. The molecule has 0 unspecified atom stereocenters. The van der Waals surface area contributed by atoms with E-state index >= 15 is 0 Å². The predicted octanol–water partition coefficient (Wildman–Crippen LogP) is 6.18. The molecule has 9 nitrogen and oxygen atoms in total. The predicted molar refractivity (Wildman–Crippen MR) is 195 cm³/mol. The van der Waals surface area contributed by atoms with Gasteiger partial charge in [-0.1, -0.05) is 49.1 Å². The summed E-state index contributed by atoms with van der Waals surface area (Å²) in [6, 6.07) is 16.7. The van der Waals surface area contributed by atoms with E-state index in [9.17, 15) is 4.79 Å². The molecule has 11 heteroatoms. The van der Waals surface area contributed by atoms with Crippen LogP contribution in [-0.2, 0) is 11.5 Å². The Labute approximate surface area is 284 Å². The van der Waals surface area contributed by atoms with Gasteiger partial charge < -0.3 is 30.2 Å². The number of nitrogens with zero attached hydrogens (tertiary/aromatic N) is 5. The van der Waals surface area contributed by atoms with E-state index in [-0.39, 0.29) is 6.73 Å².